The standard InChI is InChI=1S/C18H16ClN3O3/c1-20-17(23)16-14-7-2-3-8-15(14)18(24)22(21-16)9-10-25-13-6-4-5-12(19)11-13/h2-8,11H,9-10H2,1H3,(H,20,23). The van der Waals surface area contributed by atoms with Crippen LogP contribution in [0.15, 0.2) is 53.3 Å². The van der Waals surface area contributed by atoms with Gasteiger partial charge in [-0.25, -0.2) is 4.68 Å². The van der Waals surface area contributed by atoms with E-state index in [1.54, 1.807) is 48.5 Å². The molecule has 3 aromatic rings. The summed E-state index contributed by atoms with van der Waals surface area (Å²) < 4.78 is 6.85. The van der Waals surface area contributed by atoms with E-state index in [1.165, 1.54) is 11.7 Å². The van der Waals surface area contributed by atoms with Crippen LogP contribution >= 0.6 is 11.6 Å². The molecule has 6 nitrogen and oxygen atoms in total. The number of halogens is 1. The van der Waals surface area contributed by atoms with Crippen molar-refractivity contribution in [2.24, 2.45) is 0 Å². The highest BCUT2D eigenvalue weighted by atomic mass is 35.5. The van der Waals surface area contributed by atoms with Gasteiger partial charge in [0.2, 0.25) is 0 Å². The summed E-state index contributed by atoms with van der Waals surface area (Å²) in [5.74, 6) is 0.258. The maximum Gasteiger partial charge on any atom is 0.274 e. The molecule has 0 spiro atoms. The summed E-state index contributed by atoms with van der Waals surface area (Å²) in [6, 6.07) is 13.9. The summed E-state index contributed by atoms with van der Waals surface area (Å²) in [4.78, 5) is 24.7. The Balaban J connectivity index is 1.89. The van der Waals surface area contributed by atoms with E-state index in [0.29, 0.717) is 21.5 Å². The number of benzene rings is 2. The maximum absolute atomic E-state index is 12.6. The number of amides is 1. The molecular formula is C18H16ClN3O3. The zero-order valence-corrected chi connectivity index (χ0v) is 14.3. The molecule has 0 fully saturated rings. The van der Waals surface area contributed by atoms with Crippen LogP contribution in [0.5, 0.6) is 5.75 Å². The molecule has 128 valence electrons. The first-order valence-electron chi connectivity index (χ1n) is 7.70. The lowest BCUT2D eigenvalue weighted by Crippen LogP contribution is -2.30. The predicted molar refractivity (Wildman–Crippen MR) is 96.3 cm³/mol. The molecule has 1 amide bonds. The Morgan fingerprint density at radius 3 is 2.68 bits per heavy atom. The Labute approximate surface area is 149 Å². The first-order valence-corrected chi connectivity index (χ1v) is 8.08. The van der Waals surface area contributed by atoms with E-state index < -0.39 is 0 Å². The Morgan fingerprint density at radius 2 is 1.96 bits per heavy atom. The molecule has 25 heavy (non-hydrogen) atoms. The third-order valence-corrected chi connectivity index (χ3v) is 3.91. The van der Waals surface area contributed by atoms with Gasteiger partial charge in [0.05, 0.1) is 11.9 Å². The number of fused-ring (bicyclic) bond motifs is 1. The van der Waals surface area contributed by atoms with Gasteiger partial charge in [-0.2, -0.15) is 5.10 Å². The molecule has 1 heterocycles. The number of nitrogens with one attached hydrogen (secondary N) is 1. The highest BCUT2D eigenvalue weighted by Gasteiger charge is 2.15. The van der Waals surface area contributed by atoms with Gasteiger partial charge in [-0.05, 0) is 24.3 Å². The van der Waals surface area contributed by atoms with E-state index in [4.69, 9.17) is 16.3 Å². The minimum absolute atomic E-state index is 0.209. The maximum atomic E-state index is 12.6. The fraction of sp³-hybridized carbons (Fsp3) is 0.167. The number of hydrogen-bond donors (Lipinski definition) is 1. The zero-order valence-electron chi connectivity index (χ0n) is 13.5. The van der Waals surface area contributed by atoms with Crippen LogP contribution in [0, 0.1) is 0 Å². The molecule has 0 bridgehead atoms. The summed E-state index contributed by atoms with van der Waals surface area (Å²) in [5.41, 5.74) is -0.0570. The molecule has 0 atom stereocenters. The van der Waals surface area contributed by atoms with Crippen molar-refractivity contribution in [3.63, 3.8) is 0 Å². The SMILES string of the molecule is CNC(=O)c1nn(CCOc2cccc(Cl)c2)c(=O)c2ccccc12. The van der Waals surface area contributed by atoms with Gasteiger partial charge < -0.3 is 10.1 Å². The van der Waals surface area contributed by atoms with E-state index in [0.717, 1.165) is 0 Å². The van der Waals surface area contributed by atoms with E-state index in [-0.39, 0.29) is 30.3 Å². The quantitative estimate of drug-likeness (QED) is 0.761. The van der Waals surface area contributed by atoms with Crippen molar-refractivity contribution in [3.05, 3.63) is 69.6 Å². The molecule has 0 saturated heterocycles. The fourth-order valence-electron chi connectivity index (χ4n) is 2.48. The number of rotatable bonds is 5. The van der Waals surface area contributed by atoms with Gasteiger partial charge >= 0.3 is 0 Å². The van der Waals surface area contributed by atoms with Gasteiger partial charge in [0.25, 0.3) is 11.5 Å². The number of aromatic nitrogens is 2. The van der Waals surface area contributed by atoms with Crippen LogP contribution in [0.4, 0.5) is 0 Å². The first-order chi connectivity index (χ1) is 12.1. The first kappa shape index (κ1) is 17.0. The van der Waals surface area contributed by atoms with Crippen LogP contribution in [0.25, 0.3) is 10.8 Å². The highest BCUT2D eigenvalue weighted by molar-refractivity contribution is 6.30. The van der Waals surface area contributed by atoms with Crippen LogP contribution in [0.1, 0.15) is 10.5 Å². The Kier molecular flexibility index (Phi) is 5.00. The number of nitrogens with zero attached hydrogens (tertiary/aromatic N) is 2. The topological polar surface area (TPSA) is 73.2 Å². The number of carbonyl (C=O) groups excluding carboxylic acids is 1. The number of hydrogen-bond acceptors (Lipinski definition) is 4. The monoisotopic (exact) mass is 357 g/mol. The summed E-state index contributed by atoms with van der Waals surface area (Å²) in [7, 11) is 1.52. The Bertz CT molecular complexity index is 985. The molecular weight excluding hydrogens is 342 g/mol. The predicted octanol–water partition coefficient (Wildman–Crippen LogP) is 2.49. The molecule has 0 radical (unpaired) electrons. The Hall–Kier alpha value is -2.86. The van der Waals surface area contributed by atoms with Crippen molar-refractivity contribution in [3.8, 4) is 5.75 Å². The van der Waals surface area contributed by atoms with Gasteiger partial charge in [-0.1, -0.05) is 35.9 Å². The van der Waals surface area contributed by atoms with Gasteiger partial charge in [-0.3, -0.25) is 9.59 Å². The van der Waals surface area contributed by atoms with Gasteiger partial charge in [0.1, 0.15) is 12.4 Å². The third-order valence-electron chi connectivity index (χ3n) is 3.68. The molecule has 1 aromatic heterocycles. The van der Waals surface area contributed by atoms with Crippen molar-refractivity contribution < 1.29 is 9.53 Å². The van der Waals surface area contributed by atoms with Crippen LogP contribution in [0.3, 0.4) is 0 Å². The van der Waals surface area contributed by atoms with Crippen LogP contribution in [-0.2, 0) is 6.54 Å². The molecule has 0 aliphatic heterocycles. The molecule has 0 unspecified atom stereocenters. The molecule has 2 aromatic carbocycles. The van der Waals surface area contributed by atoms with Crippen molar-refractivity contribution in [2.75, 3.05) is 13.7 Å². The van der Waals surface area contributed by atoms with Gasteiger partial charge in [0.15, 0.2) is 5.69 Å². The Morgan fingerprint density at radius 1 is 1.20 bits per heavy atom. The van der Waals surface area contributed by atoms with Gasteiger partial charge in [-0.15, -0.1) is 0 Å². The zero-order chi connectivity index (χ0) is 17.8. The normalized spacial score (nSPS) is 10.6. The van der Waals surface area contributed by atoms with Crippen molar-refractivity contribution in [2.45, 2.75) is 6.54 Å². The summed E-state index contributed by atoms with van der Waals surface area (Å²) in [6.07, 6.45) is 0. The largest absolute Gasteiger partial charge is 0.492 e. The molecule has 0 aliphatic rings. The van der Waals surface area contributed by atoms with E-state index in [1.807, 2.05) is 0 Å². The molecule has 0 saturated carbocycles. The third kappa shape index (κ3) is 3.64. The van der Waals surface area contributed by atoms with Crippen molar-refractivity contribution >= 4 is 28.3 Å². The summed E-state index contributed by atoms with van der Waals surface area (Å²) in [6.45, 7) is 0.430. The second-order valence-electron chi connectivity index (χ2n) is 5.31. The second-order valence-corrected chi connectivity index (χ2v) is 5.74. The lowest BCUT2D eigenvalue weighted by molar-refractivity contribution is 0.0957. The van der Waals surface area contributed by atoms with Crippen molar-refractivity contribution in [1.82, 2.24) is 15.1 Å². The number of carbonyl (C=O) groups is 1. The van der Waals surface area contributed by atoms with Gasteiger partial charge in [0, 0.05) is 17.5 Å². The van der Waals surface area contributed by atoms with Crippen LogP contribution in [-0.4, -0.2) is 29.3 Å². The van der Waals surface area contributed by atoms with E-state index in [9.17, 15) is 9.59 Å². The smallest absolute Gasteiger partial charge is 0.274 e. The van der Waals surface area contributed by atoms with E-state index >= 15 is 0 Å². The lowest BCUT2D eigenvalue weighted by Gasteiger charge is -2.11. The average molecular weight is 358 g/mol. The molecule has 0 aliphatic carbocycles. The lowest BCUT2D eigenvalue weighted by atomic mass is 10.1. The molecule has 1 N–H and O–H groups in total. The summed E-state index contributed by atoms with van der Waals surface area (Å²) in [5, 5.41) is 8.29. The van der Waals surface area contributed by atoms with Crippen LogP contribution < -0.4 is 15.6 Å². The van der Waals surface area contributed by atoms with E-state index in [2.05, 4.69) is 10.4 Å². The second kappa shape index (κ2) is 7.36. The molecule has 7 heteroatoms. The number of ether oxygens (including phenoxy) is 1. The summed E-state index contributed by atoms with van der Waals surface area (Å²) >= 11 is 5.91. The minimum Gasteiger partial charge on any atom is -0.492 e. The van der Waals surface area contributed by atoms with Crippen LogP contribution in [0.2, 0.25) is 5.02 Å². The minimum atomic E-state index is -0.347. The molecule has 3 rings (SSSR count). The fourth-order valence-corrected chi connectivity index (χ4v) is 2.66. The average Bonchev–Trinajstić information content (AvgIpc) is 2.63. The highest BCUT2D eigenvalue weighted by Crippen LogP contribution is 2.17. The van der Waals surface area contributed by atoms with Crippen molar-refractivity contribution in [1.29, 1.82) is 0 Å².